The number of hydrogen-bond donors (Lipinski definition) is 2. The summed E-state index contributed by atoms with van der Waals surface area (Å²) >= 11 is 0. The van der Waals surface area contributed by atoms with Gasteiger partial charge < -0.3 is 19.6 Å². The second-order valence-corrected chi connectivity index (χ2v) is 8.50. The van der Waals surface area contributed by atoms with Crippen LogP contribution in [0.1, 0.15) is 42.5 Å². The summed E-state index contributed by atoms with van der Waals surface area (Å²) in [5, 5.41) is 19.9. The van der Waals surface area contributed by atoms with Gasteiger partial charge in [0, 0.05) is 43.2 Å². The lowest BCUT2D eigenvalue weighted by Crippen LogP contribution is -2.39. The van der Waals surface area contributed by atoms with Crippen molar-refractivity contribution < 1.29 is 9.90 Å². The lowest BCUT2D eigenvalue weighted by Gasteiger charge is -2.29. The number of likely N-dealkylation sites (N-methyl/N-ethyl adjacent to an activating group) is 1. The van der Waals surface area contributed by atoms with E-state index in [1.54, 1.807) is 0 Å². The van der Waals surface area contributed by atoms with Crippen LogP contribution in [0.15, 0.2) is 30.5 Å². The number of nitrogens with one attached hydrogen (secondary N) is 1. The van der Waals surface area contributed by atoms with Crippen LogP contribution in [0.4, 0.5) is 0 Å². The van der Waals surface area contributed by atoms with Crippen LogP contribution in [0.5, 0.6) is 0 Å². The van der Waals surface area contributed by atoms with Gasteiger partial charge in [0.1, 0.15) is 0 Å². The highest BCUT2D eigenvalue weighted by atomic mass is 16.3. The normalized spacial score (nSPS) is 22.0. The molecule has 2 N–H and O–H groups in total. The van der Waals surface area contributed by atoms with Crippen molar-refractivity contribution in [3.63, 3.8) is 0 Å². The molecule has 0 radical (unpaired) electrons. The Morgan fingerprint density at radius 1 is 1.27 bits per heavy atom. The van der Waals surface area contributed by atoms with Crippen molar-refractivity contribution in [2.24, 2.45) is 0 Å². The molecule has 4 heterocycles. The third kappa shape index (κ3) is 3.50. The number of likely N-dealkylation sites (tertiary alicyclic amines) is 1. The van der Waals surface area contributed by atoms with Crippen LogP contribution in [0, 0.1) is 0 Å². The molecule has 0 saturated carbocycles. The van der Waals surface area contributed by atoms with Gasteiger partial charge in [-0.3, -0.25) is 9.69 Å². The fraction of sp³-hybridized carbons (Fsp3) is 0.500. The molecule has 1 amide bonds. The van der Waals surface area contributed by atoms with Gasteiger partial charge >= 0.3 is 0 Å². The van der Waals surface area contributed by atoms with Gasteiger partial charge in [-0.15, -0.1) is 10.2 Å². The number of aromatic amines is 1. The van der Waals surface area contributed by atoms with E-state index in [2.05, 4.69) is 43.0 Å². The molecule has 2 aliphatic heterocycles. The number of aliphatic hydroxyl groups is 1. The lowest BCUT2D eigenvalue weighted by molar-refractivity contribution is -0.132. The smallest absolute Gasteiger partial charge is 0.223 e. The summed E-state index contributed by atoms with van der Waals surface area (Å²) in [5.74, 6) is 1.94. The monoisotopic (exact) mass is 408 g/mol. The Bertz CT molecular complexity index is 1060. The van der Waals surface area contributed by atoms with Gasteiger partial charge in [-0.2, -0.15) is 0 Å². The number of para-hydroxylation sites is 1. The summed E-state index contributed by atoms with van der Waals surface area (Å²) in [7, 11) is 2.01. The average molecular weight is 409 g/mol. The van der Waals surface area contributed by atoms with E-state index >= 15 is 0 Å². The van der Waals surface area contributed by atoms with Crippen LogP contribution in [-0.2, 0) is 24.3 Å². The third-order valence-corrected chi connectivity index (χ3v) is 6.47. The quantitative estimate of drug-likeness (QED) is 0.673. The first-order chi connectivity index (χ1) is 14.6. The minimum atomic E-state index is -0.313. The summed E-state index contributed by atoms with van der Waals surface area (Å²) in [6.07, 6.45) is 4.69. The molecule has 8 heteroatoms. The van der Waals surface area contributed by atoms with Crippen molar-refractivity contribution in [3.8, 4) is 0 Å². The Kier molecular flexibility index (Phi) is 5.04. The Morgan fingerprint density at radius 2 is 2.13 bits per heavy atom. The maximum absolute atomic E-state index is 12.8. The number of benzene rings is 1. The molecule has 5 rings (SSSR count). The molecule has 2 atom stereocenters. The molecule has 1 aromatic carbocycles. The number of amides is 1. The number of aryl methyl sites for hydroxylation is 1. The van der Waals surface area contributed by atoms with Gasteiger partial charge in [0.05, 0.1) is 18.7 Å². The second-order valence-electron chi connectivity index (χ2n) is 8.50. The number of fused-ring (bicyclic) bond motifs is 2. The Morgan fingerprint density at radius 3 is 2.97 bits per heavy atom. The predicted molar refractivity (Wildman–Crippen MR) is 113 cm³/mol. The highest BCUT2D eigenvalue weighted by Crippen LogP contribution is 2.31. The van der Waals surface area contributed by atoms with Crippen molar-refractivity contribution in [1.29, 1.82) is 0 Å². The Balaban J connectivity index is 1.19. The van der Waals surface area contributed by atoms with E-state index in [1.165, 1.54) is 10.9 Å². The van der Waals surface area contributed by atoms with E-state index in [4.69, 9.17) is 0 Å². The molecular formula is C22H28N6O2. The average Bonchev–Trinajstić information content (AvgIpc) is 3.44. The van der Waals surface area contributed by atoms with Crippen LogP contribution in [0.25, 0.3) is 10.9 Å². The first-order valence-electron chi connectivity index (χ1n) is 10.7. The fourth-order valence-corrected chi connectivity index (χ4v) is 4.84. The molecule has 0 unspecified atom stereocenters. The first kappa shape index (κ1) is 19.3. The molecule has 0 bridgehead atoms. The third-order valence-electron chi connectivity index (χ3n) is 6.47. The van der Waals surface area contributed by atoms with Crippen molar-refractivity contribution in [1.82, 2.24) is 29.5 Å². The Hall–Kier alpha value is -2.71. The fourth-order valence-electron chi connectivity index (χ4n) is 4.84. The van der Waals surface area contributed by atoms with E-state index in [0.29, 0.717) is 39.0 Å². The zero-order valence-corrected chi connectivity index (χ0v) is 17.3. The molecule has 1 saturated heterocycles. The minimum absolute atomic E-state index is 0.0969. The summed E-state index contributed by atoms with van der Waals surface area (Å²) in [4.78, 5) is 20.1. The number of rotatable bonds is 5. The van der Waals surface area contributed by atoms with Crippen LogP contribution < -0.4 is 0 Å². The van der Waals surface area contributed by atoms with Crippen LogP contribution in [0.3, 0.4) is 0 Å². The van der Waals surface area contributed by atoms with Gasteiger partial charge in [0.15, 0.2) is 11.6 Å². The molecule has 1 fully saturated rings. The number of carbonyl (C=O) groups is 1. The minimum Gasteiger partial charge on any atom is -0.392 e. The summed E-state index contributed by atoms with van der Waals surface area (Å²) in [6, 6.07) is 8.37. The van der Waals surface area contributed by atoms with Crippen molar-refractivity contribution in [3.05, 3.63) is 47.7 Å². The van der Waals surface area contributed by atoms with Crippen LogP contribution in [0.2, 0.25) is 0 Å². The zero-order chi connectivity index (χ0) is 20.7. The lowest BCUT2D eigenvalue weighted by atomic mass is 10.1. The molecule has 3 aromatic rings. The van der Waals surface area contributed by atoms with Crippen molar-refractivity contribution in [2.45, 2.75) is 50.9 Å². The number of carbonyl (C=O) groups excluding carboxylic acids is 1. The maximum Gasteiger partial charge on any atom is 0.223 e. The number of H-pyrrole nitrogens is 1. The second kappa shape index (κ2) is 7.85. The molecule has 0 aliphatic carbocycles. The zero-order valence-electron chi connectivity index (χ0n) is 17.3. The number of nitrogens with zero attached hydrogens (tertiary/aromatic N) is 5. The molecular weight excluding hydrogens is 380 g/mol. The van der Waals surface area contributed by atoms with Gasteiger partial charge in [0.25, 0.3) is 0 Å². The Labute approximate surface area is 175 Å². The number of aliphatic hydroxyl groups excluding tert-OH is 1. The van der Waals surface area contributed by atoms with E-state index < -0.39 is 0 Å². The predicted octanol–water partition coefficient (Wildman–Crippen LogP) is 1.86. The summed E-state index contributed by atoms with van der Waals surface area (Å²) in [6.45, 7) is 2.57. The molecule has 158 valence electrons. The van der Waals surface area contributed by atoms with Crippen LogP contribution >= 0.6 is 0 Å². The molecule has 8 nitrogen and oxygen atoms in total. The topological polar surface area (TPSA) is 90.3 Å². The summed E-state index contributed by atoms with van der Waals surface area (Å²) < 4.78 is 2.13. The van der Waals surface area contributed by atoms with Gasteiger partial charge in [-0.25, -0.2) is 0 Å². The highest BCUT2D eigenvalue weighted by Gasteiger charge is 2.35. The van der Waals surface area contributed by atoms with E-state index in [0.717, 1.165) is 30.0 Å². The van der Waals surface area contributed by atoms with Crippen molar-refractivity contribution in [2.75, 3.05) is 20.1 Å². The standard InChI is InChI=1S/C22H28N6O2/c1-26-13-16(29)11-19(26)22-25-24-20-14-27(9-10-28(20)22)21(30)8-4-5-15-12-23-18-7-3-2-6-17(15)18/h2-3,6-7,12,16,19,23,29H,4-5,8-11,13-14H2,1H3/t16-,19+/m1/s1. The largest absolute Gasteiger partial charge is 0.392 e. The maximum atomic E-state index is 12.8. The van der Waals surface area contributed by atoms with Gasteiger partial charge in [0.2, 0.25) is 5.91 Å². The molecule has 30 heavy (non-hydrogen) atoms. The van der Waals surface area contributed by atoms with Gasteiger partial charge in [-0.05, 0) is 37.9 Å². The SMILES string of the molecule is CN1C[C@H](O)C[C@H]1c1nnc2n1CCN(C(=O)CCCc1c[nH]c3ccccc13)C2. The number of β-amino-alcohol motifs (C(OH)–C–C–N with tert-alkyl or cyclic N) is 1. The molecule has 2 aromatic heterocycles. The number of hydrogen-bond acceptors (Lipinski definition) is 5. The first-order valence-corrected chi connectivity index (χ1v) is 10.7. The summed E-state index contributed by atoms with van der Waals surface area (Å²) in [5.41, 5.74) is 2.41. The van der Waals surface area contributed by atoms with E-state index in [1.807, 2.05) is 24.1 Å². The highest BCUT2D eigenvalue weighted by molar-refractivity contribution is 5.83. The van der Waals surface area contributed by atoms with Crippen LogP contribution in [-0.4, -0.2) is 66.8 Å². The van der Waals surface area contributed by atoms with Crippen molar-refractivity contribution >= 4 is 16.8 Å². The molecule has 2 aliphatic rings. The van der Waals surface area contributed by atoms with E-state index in [9.17, 15) is 9.90 Å². The molecule has 0 spiro atoms. The number of aromatic nitrogens is 4. The van der Waals surface area contributed by atoms with Gasteiger partial charge in [-0.1, -0.05) is 18.2 Å². The van der Waals surface area contributed by atoms with E-state index in [-0.39, 0.29) is 18.1 Å².